The fourth-order valence-electron chi connectivity index (χ4n) is 2.57. The van der Waals surface area contributed by atoms with Gasteiger partial charge < -0.3 is 5.32 Å². The van der Waals surface area contributed by atoms with E-state index >= 15 is 0 Å². The average Bonchev–Trinajstić information content (AvgIpc) is 2.61. The van der Waals surface area contributed by atoms with Gasteiger partial charge in [-0.15, -0.1) is 0 Å². The maximum atomic E-state index is 12.1. The number of aromatic amines is 1. The topological polar surface area (TPSA) is 84.0 Å². The summed E-state index contributed by atoms with van der Waals surface area (Å²) in [7, 11) is 0. The maximum absolute atomic E-state index is 12.1. The van der Waals surface area contributed by atoms with Gasteiger partial charge in [0.2, 0.25) is 5.91 Å². The Hall–Kier alpha value is -3.06. The summed E-state index contributed by atoms with van der Waals surface area (Å²) >= 11 is 1.66. The molecule has 0 bridgehead atoms. The van der Waals surface area contributed by atoms with Crippen molar-refractivity contribution in [1.82, 2.24) is 9.55 Å². The lowest BCUT2D eigenvalue weighted by Gasteiger charge is -2.09. The molecule has 3 aromatic rings. The van der Waals surface area contributed by atoms with Gasteiger partial charge in [-0.3, -0.25) is 19.1 Å². The first-order valence-corrected chi connectivity index (χ1v) is 9.17. The molecule has 2 N–H and O–H groups in total. The van der Waals surface area contributed by atoms with Crippen LogP contribution in [0.5, 0.6) is 0 Å². The summed E-state index contributed by atoms with van der Waals surface area (Å²) in [5, 5.41) is 2.74. The van der Waals surface area contributed by atoms with E-state index in [0.717, 1.165) is 9.46 Å². The van der Waals surface area contributed by atoms with E-state index in [1.165, 1.54) is 28.3 Å². The molecule has 0 aliphatic heterocycles. The fourth-order valence-corrected chi connectivity index (χ4v) is 3.45. The van der Waals surface area contributed by atoms with Gasteiger partial charge in [-0.25, -0.2) is 4.79 Å². The van der Waals surface area contributed by atoms with Crippen molar-refractivity contribution < 1.29 is 4.79 Å². The quantitative estimate of drug-likeness (QED) is 0.712. The number of benzene rings is 2. The van der Waals surface area contributed by atoms with E-state index < -0.39 is 11.2 Å². The molecule has 0 atom stereocenters. The second-order valence-electron chi connectivity index (χ2n) is 6.18. The van der Waals surface area contributed by atoms with E-state index in [-0.39, 0.29) is 12.5 Å². The molecule has 0 spiro atoms. The predicted octanol–water partition coefficient (Wildman–Crippen LogP) is 2.94. The van der Waals surface area contributed by atoms with Gasteiger partial charge in [0.05, 0.1) is 0 Å². The minimum absolute atomic E-state index is 0.172. The lowest BCUT2D eigenvalue weighted by Crippen LogP contribution is -2.32. The number of nitrogens with zero attached hydrogens (tertiary/aromatic N) is 1. The Morgan fingerprint density at radius 3 is 2.48 bits per heavy atom. The molecule has 0 aliphatic carbocycles. The first kappa shape index (κ1) is 18.7. The van der Waals surface area contributed by atoms with Crippen molar-refractivity contribution in [2.24, 2.45) is 0 Å². The van der Waals surface area contributed by atoms with E-state index in [1.54, 1.807) is 11.8 Å². The van der Waals surface area contributed by atoms with Crippen LogP contribution in [0.4, 0.5) is 5.69 Å². The molecule has 6 nitrogen and oxygen atoms in total. The standard InChI is InChI=1S/C20H19N3O3S/c1-13-3-8-17(14(2)11-13)27-16-6-4-15(5-7-16)21-19(25)12-23-10-9-18(24)22-20(23)26/h3-11H,12H2,1-2H3,(H,21,25)(H,22,24,26). The number of carbonyl (C=O) groups excluding carboxylic acids is 1. The second-order valence-corrected chi connectivity index (χ2v) is 7.30. The highest BCUT2D eigenvalue weighted by atomic mass is 32.2. The van der Waals surface area contributed by atoms with Gasteiger partial charge >= 0.3 is 5.69 Å². The number of carbonyl (C=O) groups is 1. The highest BCUT2D eigenvalue weighted by Gasteiger charge is 2.06. The molecule has 1 amide bonds. The van der Waals surface area contributed by atoms with Crippen molar-refractivity contribution in [3.05, 3.63) is 86.7 Å². The normalized spacial score (nSPS) is 10.6. The zero-order valence-electron chi connectivity index (χ0n) is 15.0. The first-order chi connectivity index (χ1) is 12.9. The van der Waals surface area contributed by atoms with Crippen LogP contribution in [0.1, 0.15) is 11.1 Å². The van der Waals surface area contributed by atoms with Crippen molar-refractivity contribution in [3.63, 3.8) is 0 Å². The molecule has 7 heteroatoms. The number of amides is 1. The third-order valence-corrected chi connectivity index (χ3v) is 5.09. The Bertz CT molecular complexity index is 1080. The highest BCUT2D eigenvalue weighted by molar-refractivity contribution is 7.99. The summed E-state index contributed by atoms with van der Waals surface area (Å²) in [6.07, 6.45) is 1.30. The summed E-state index contributed by atoms with van der Waals surface area (Å²) in [5.74, 6) is -0.348. The van der Waals surface area contributed by atoms with Crippen molar-refractivity contribution in [1.29, 1.82) is 0 Å². The van der Waals surface area contributed by atoms with E-state index in [9.17, 15) is 14.4 Å². The molecule has 2 aromatic carbocycles. The predicted molar refractivity (Wildman–Crippen MR) is 106 cm³/mol. The molecular formula is C20H19N3O3S. The van der Waals surface area contributed by atoms with E-state index in [4.69, 9.17) is 0 Å². The third kappa shape index (κ3) is 4.98. The van der Waals surface area contributed by atoms with E-state index in [2.05, 4.69) is 42.3 Å². The number of aryl methyl sites for hydroxylation is 2. The Morgan fingerprint density at radius 1 is 1.07 bits per heavy atom. The van der Waals surface area contributed by atoms with Crippen LogP contribution in [0.25, 0.3) is 0 Å². The molecule has 27 heavy (non-hydrogen) atoms. The monoisotopic (exact) mass is 381 g/mol. The lowest BCUT2D eigenvalue weighted by molar-refractivity contribution is -0.116. The molecule has 3 rings (SSSR count). The summed E-state index contributed by atoms with van der Waals surface area (Å²) in [4.78, 5) is 39.1. The fraction of sp³-hybridized carbons (Fsp3) is 0.150. The van der Waals surface area contributed by atoms with Crippen molar-refractivity contribution >= 4 is 23.4 Å². The molecule has 0 saturated heterocycles. The molecule has 1 aromatic heterocycles. The van der Waals surface area contributed by atoms with Gasteiger partial charge in [0, 0.05) is 27.7 Å². The van der Waals surface area contributed by atoms with Gasteiger partial charge in [0.15, 0.2) is 0 Å². The Morgan fingerprint density at radius 2 is 1.81 bits per heavy atom. The van der Waals surface area contributed by atoms with E-state index in [1.807, 2.05) is 24.3 Å². The van der Waals surface area contributed by atoms with Crippen LogP contribution in [-0.4, -0.2) is 15.5 Å². The number of hydrogen-bond donors (Lipinski definition) is 2. The van der Waals surface area contributed by atoms with Crippen molar-refractivity contribution in [3.8, 4) is 0 Å². The number of H-pyrrole nitrogens is 1. The van der Waals surface area contributed by atoms with Gasteiger partial charge in [-0.05, 0) is 49.7 Å². The Balaban J connectivity index is 1.64. The van der Waals surface area contributed by atoms with Gasteiger partial charge in [0.25, 0.3) is 5.56 Å². The number of nitrogens with one attached hydrogen (secondary N) is 2. The van der Waals surface area contributed by atoms with Crippen LogP contribution in [0.2, 0.25) is 0 Å². The summed E-state index contributed by atoms with van der Waals surface area (Å²) in [6.45, 7) is 3.98. The number of rotatable bonds is 5. The zero-order chi connectivity index (χ0) is 19.4. The van der Waals surface area contributed by atoms with Crippen molar-refractivity contribution in [2.45, 2.75) is 30.2 Å². The minimum atomic E-state index is -0.613. The molecule has 1 heterocycles. The summed E-state index contributed by atoms with van der Waals surface area (Å²) in [5.41, 5.74) is 1.99. The van der Waals surface area contributed by atoms with Crippen LogP contribution in [0.3, 0.4) is 0 Å². The third-order valence-electron chi connectivity index (χ3n) is 3.91. The molecule has 0 aliphatic rings. The average molecular weight is 381 g/mol. The number of aromatic nitrogens is 2. The molecule has 138 valence electrons. The van der Waals surface area contributed by atoms with E-state index in [0.29, 0.717) is 5.69 Å². The SMILES string of the molecule is Cc1ccc(Sc2ccc(NC(=O)Cn3ccc(=O)[nH]c3=O)cc2)c(C)c1. The maximum Gasteiger partial charge on any atom is 0.328 e. The number of hydrogen-bond acceptors (Lipinski definition) is 4. The smallest absolute Gasteiger partial charge is 0.325 e. The summed E-state index contributed by atoms with van der Waals surface area (Å²) in [6, 6.07) is 15.1. The van der Waals surface area contributed by atoms with Crippen LogP contribution in [0.15, 0.2) is 74.1 Å². The van der Waals surface area contributed by atoms with Crippen LogP contribution >= 0.6 is 11.8 Å². The minimum Gasteiger partial charge on any atom is -0.325 e. The van der Waals surface area contributed by atoms with Gasteiger partial charge in [-0.2, -0.15) is 0 Å². The molecule has 0 saturated carbocycles. The zero-order valence-corrected chi connectivity index (χ0v) is 15.8. The first-order valence-electron chi connectivity index (χ1n) is 8.35. The molecule has 0 fully saturated rings. The largest absolute Gasteiger partial charge is 0.328 e. The molecular weight excluding hydrogens is 362 g/mol. The van der Waals surface area contributed by atoms with Crippen LogP contribution in [0, 0.1) is 13.8 Å². The van der Waals surface area contributed by atoms with Crippen molar-refractivity contribution in [2.75, 3.05) is 5.32 Å². The molecule has 0 radical (unpaired) electrons. The Kier molecular flexibility index (Phi) is 5.61. The van der Waals surface area contributed by atoms with Gasteiger partial charge in [0.1, 0.15) is 6.54 Å². The second kappa shape index (κ2) is 8.09. The Labute approximate surface area is 160 Å². The molecule has 0 unspecified atom stereocenters. The van der Waals surface area contributed by atoms with Crippen LogP contribution < -0.4 is 16.6 Å². The van der Waals surface area contributed by atoms with Gasteiger partial charge in [-0.1, -0.05) is 29.5 Å². The van der Waals surface area contributed by atoms with Crippen LogP contribution in [-0.2, 0) is 11.3 Å². The lowest BCUT2D eigenvalue weighted by atomic mass is 10.2. The highest BCUT2D eigenvalue weighted by Crippen LogP contribution is 2.31. The number of anilines is 1. The summed E-state index contributed by atoms with van der Waals surface area (Å²) < 4.78 is 1.14.